The van der Waals surface area contributed by atoms with Gasteiger partial charge in [0.1, 0.15) is 29.9 Å². The molecule has 198 valence electrons. The highest BCUT2D eigenvalue weighted by molar-refractivity contribution is 5.95. The molecule has 1 aliphatic heterocycles. The highest BCUT2D eigenvalue weighted by atomic mass is 16.5. The van der Waals surface area contributed by atoms with Crippen LogP contribution in [-0.4, -0.2) is 81.6 Å². The predicted octanol–water partition coefficient (Wildman–Crippen LogP) is 2.75. The van der Waals surface area contributed by atoms with Crippen molar-refractivity contribution in [3.8, 4) is 17.5 Å². The van der Waals surface area contributed by atoms with E-state index >= 15 is 0 Å². The SMILES string of the molecule is C=CC(=O)N1CCN(c2nc(OCCNC(C)O)nc3c(Oc4c(C)ccc5[nH]ncc45)cccc23)CC1. The lowest BCUT2D eigenvalue weighted by molar-refractivity contribution is -0.126. The average molecular weight is 518 g/mol. The summed E-state index contributed by atoms with van der Waals surface area (Å²) in [5.41, 5.74) is 2.46. The molecule has 0 bridgehead atoms. The summed E-state index contributed by atoms with van der Waals surface area (Å²) in [4.78, 5) is 25.5. The molecule has 0 aliphatic carbocycles. The lowest BCUT2D eigenvalue weighted by atomic mass is 10.1. The first-order valence-electron chi connectivity index (χ1n) is 12.6. The Kier molecular flexibility index (Phi) is 7.38. The van der Waals surface area contributed by atoms with Gasteiger partial charge in [0.2, 0.25) is 5.91 Å². The molecular formula is C27H31N7O4. The molecular weight excluding hydrogens is 486 g/mol. The standard InChI is InChI=1S/C27H31N7O4/c1-4-23(36)33-11-13-34(14-12-33)26-19-6-5-7-22(24(19)30-27(31-26)37-15-10-28-18(3)35)38-25-17(2)8-9-21-20(25)16-29-32-21/h4-9,16,18,28,35H,1,10-15H2,2-3H3,(H,29,32). The number of rotatable bonds is 9. The molecule has 1 saturated heterocycles. The number of benzene rings is 2. The van der Waals surface area contributed by atoms with Gasteiger partial charge in [-0.25, -0.2) is 0 Å². The number of carbonyl (C=O) groups excluding carboxylic acids is 1. The van der Waals surface area contributed by atoms with Gasteiger partial charge < -0.3 is 24.4 Å². The van der Waals surface area contributed by atoms with E-state index in [0.29, 0.717) is 55.6 Å². The number of anilines is 1. The summed E-state index contributed by atoms with van der Waals surface area (Å²) in [6.45, 7) is 10.3. The van der Waals surface area contributed by atoms with Gasteiger partial charge in [0.25, 0.3) is 0 Å². The van der Waals surface area contributed by atoms with Crippen LogP contribution in [0.4, 0.5) is 5.82 Å². The first-order chi connectivity index (χ1) is 18.4. The number of ether oxygens (including phenoxy) is 2. The topological polar surface area (TPSA) is 129 Å². The van der Waals surface area contributed by atoms with E-state index in [1.165, 1.54) is 6.08 Å². The van der Waals surface area contributed by atoms with Gasteiger partial charge in [-0.2, -0.15) is 15.1 Å². The summed E-state index contributed by atoms with van der Waals surface area (Å²) < 4.78 is 12.4. The number of aromatic nitrogens is 4. The van der Waals surface area contributed by atoms with Gasteiger partial charge in [-0.15, -0.1) is 0 Å². The fourth-order valence-corrected chi connectivity index (χ4v) is 4.50. The Hall–Kier alpha value is -4.22. The fourth-order valence-electron chi connectivity index (χ4n) is 4.50. The Morgan fingerprint density at radius 2 is 2.03 bits per heavy atom. The van der Waals surface area contributed by atoms with Crippen LogP contribution in [0, 0.1) is 6.92 Å². The van der Waals surface area contributed by atoms with E-state index in [2.05, 4.69) is 27.0 Å². The molecule has 1 unspecified atom stereocenters. The van der Waals surface area contributed by atoms with Crippen molar-refractivity contribution in [2.45, 2.75) is 20.1 Å². The van der Waals surface area contributed by atoms with E-state index in [9.17, 15) is 9.90 Å². The minimum absolute atomic E-state index is 0.0775. The van der Waals surface area contributed by atoms with Crippen molar-refractivity contribution >= 4 is 33.5 Å². The second-order valence-corrected chi connectivity index (χ2v) is 9.12. The molecule has 11 nitrogen and oxygen atoms in total. The molecule has 0 radical (unpaired) electrons. The van der Waals surface area contributed by atoms with Crippen molar-refractivity contribution in [3.63, 3.8) is 0 Å². The minimum Gasteiger partial charge on any atom is -0.462 e. The van der Waals surface area contributed by atoms with Crippen LogP contribution < -0.4 is 19.7 Å². The molecule has 0 saturated carbocycles. The lowest BCUT2D eigenvalue weighted by Gasteiger charge is -2.35. The maximum Gasteiger partial charge on any atom is 0.319 e. The smallest absolute Gasteiger partial charge is 0.319 e. The maximum absolute atomic E-state index is 12.1. The zero-order chi connectivity index (χ0) is 26.6. The Morgan fingerprint density at radius 1 is 1.21 bits per heavy atom. The van der Waals surface area contributed by atoms with Crippen LogP contribution in [0.2, 0.25) is 0 Å². The fraction of sp³-hybridized carbons (Fsp3) is 0.333. The van der Waals surface area contributed by atoms with Crippen LogP contribution in [0.1, 0.15) is 12.5 Å². The Morgan fingerprint density at radius 3 is 2.79 bits per heavy atom. The van der Waals surface area contributed by atoms with Gasteiger partial charge in [0.15, 0.2) is 5.75 Å². The summed E-state index contributed by atoms with van der Waals surface area (Å²) >= 11 is 0. The summed E-state index contributed by atoms with van der Waals surface area (Å²) in [6, 6.07) is 9.91. The van der Waals surface area contributed by atoms with Crippen LogP contribution in [0.15, 0.2) is 49.2 Å². The Bertz CT molecular complexity index is 1460. The molecule has 1 atom stereocenters. The normalized spacial score (nSPS) is 14.6. The minimum atomic E-state index is -0.643. The number of aliphatic hydroxyl groups excluding tert-OH is 1. The van der Waals surface area contributed by atoms with Crippen molar-refractivity contribution in [2.24, 2.45) is 0 Å². The number of aryl methyl sites for hydroxylation is 1. The number of para-hydroxylation sites is 1. The van der Waals surface area contributed by atoms with Gasteiger partial charge in [-0.3, -0.25) is 15.2 Å². The van der Waals surface area contributed by atoms with Crippen molar-refractivity contribution in [1.29, 1.82) is 0 Å². The summed E-state index contributed by atoms with van der Waals surface area (Å²) in [5, 5.41) is 21.2. The zero-order valence-corrected chi connectivity index (χ0v) is 21.5. The first kappa shape index (κ1) is 25.4. The highest BCUT2D eigenvalue weighted by Crippen LogP contribution is 2.38. The third-order valence-electron chi connectivity index (χ3n) is 6.47. The zero-order valence-electron chi connectivity index (χ0n) is 21.5. The maximum atomic E-state index is 12.1. The number of amides is 1. The number of hydrogen-bond donors (Lipinski definition) is 3. The number of aliphatic hydroxyl groups is 1. The molecule has 3 N–H and O–H groups in total. The lowest BCUT2D eigenvalue weighted by Crippen LogP contribution is -2.48. The van der Waals surface area contributed by atoms with Gasteiger partial charge >= 0.3 is 6.01 Å². The number of carbonyl (C=O) groups is 1. The van der Waals surface area contributed by atoms with Crippen LogP contribution >= 0.6 is 0 Å². The van der Waals surface area contributed by atoms with Crippen LogP contribution in [0.5, 0.6) is 17.5 Å². The third-order valence-corrected chi connectivity index (χ3v) is 6.47. The molecule has 38 heavy (non-hydrogen) atoms. The summed E-state index contributed by atoms with van der Waals surface area (Å²) in [5.74, 6) is 1.90. The Labute approximate surface area is 220 Å². The number of fused-ring (bicyclic) bond motifs is 2. The Balaban J connectivity index is 1.52. The van der Waals surface area contributed by atoms with Gasteiger partial charge in [0.05, 0.1) is 17.1 Å². The molecule has 2 aromatic carbocycles. The predicted molar refractivity (Wildman–Crippen MR) is 145 cm³/mol. The quantitative estimate of drug-likeness (QED) is 0.174. The van der Waals surface area contributed by atoms with Crippen LogP contribution in [-0.2, 0) is 4.79 Å². The summed E-state index contributed by atoms with van der Waals surface area (Å²) in [7, 11) is 0. The van der Waals surface area contributed by atoms with Crippen molar-refractivity contribution in [3.05, 3.63) is 54.7 Å². The number of hydrogen-bond acceptors (Lipinski definition) is 9. The molecule has 1 aliphatic rings. The molecule has 0 spiro atoms. The van der Waals surface area contributed by atoms with Gasteiger partial charge in [-0.05, 0) is 43.7 Å². The van der Waals surface area contributed by atoms with E-state index in [1.807, 2.05) is 37.3 Å². The third kappa shape index (κ3) is 5.24. The average Bonchev–Trinajstić information content (AvgIpc) is 3.41. The number of nitrogens with one attached hydrogen (secondary N) is 2. The van der Waals surface area contributed by atoms with E-state index in [-0.39, 0.29) is 18.5 Å². The van der Waals surface area contributed by atoms with Gasteiger partial charge in [0, 0.05) is 38.1 Å². The van der Waals surface area contributed by atoms with Crippen molar-refractivity contribution in [2.75, 3.05) is 44.2 Å². The summed E-state index contributed by atoms with van der Waals surface area (Å²) in [6.07, 6.45) is 2.45. The molecule has 1 fully saturated rings. The second kappa shape index (κ2) is 11.0. The molecule has 2 aromatic heterocycles. The van der Waals surface area contributed by atoms with Gasteiger partial charge in [-0.1, -0.05) is 18.7 Å². The molecule has 4 aromatic rings. The van der Waals surface area contributed by atoms with Crippen LogP contribution in [0.3, 0.4) is 0 Å². The van der Waals surface area contributed by atoms with Crippen molar-refractivity contribution in [1.82, 2.24) is 30.4 Å². The molecule has 1 amide bonds. The van der Waals surface area contributed by atoms with E-state index in [1.54, 1.807) is 18.0 Å². The number of H-pyrrole nitrogens is 1. The first-order valence-corrected chi connectivity index (χ1v) is 12.6. The highest BCUT2D eigenvalue weighted by Gasteiger charge is 2.24. The largest absolute Gasteiger partial charge is 0.462 e. The number of nitrogens with zero attached hydrogens (tertiary/aromatic N) is 5. The number of piperazine rings is 1. The van der Waals surface area contributed by atoms with Crippen molar-refractivity contribution < 1.29 is 19.4 Å². The molecule has 5 rings (SSSR count). The van der Waals surface area contributed by atoms with E-state index in [0.717, 1.165) is 21.9 Å². The van der Waals surface area contributed by atoms with E-state index < -0.39 is 6.23 Å². The van der Waals surface area contributed by atoms with E-state index in [4.69, 9.17) is 19.4 Å². The molecule has 3 heterocycles. The number of aromatic amines is 1. The van der Waals surface area contributed by atoms with Crippen LogP contribution in [0.25, 0.3) is 21.8 Å². The monoisotopic (exact) mass is 517 g/mol. The molecule has 11 heteroatoms. The second-order valence-electron chi connectivity index (χ2n) is 9.12.